The largest absolute Gasteiger partial charge is 0.481 e. The molecule has 0 aliphatic carbocycles. The van der Waals surface area contributed by atoms with Crippen molar-refractivity contribution in [2.75, 3.05) is 0 Å². The smallest absolute Gasteiger partial charge is 0.310 e. The molecule has 144 valence electrons. The van der Waals surface area contributed by atoms with Crippen LogP contribution in [0, 0.1) is 0 Å². The van der Waals surface area contributed by atoms with Crippen molar-refractivity contribution in [3.63, 3.8) is 0 Å². The number of carbonyl (C=O) groups is 6. The van der Waals surface area contributed by atoms with E-state index >= 15 is 0 Å². The average molecular weight is 362 g/mol. The summed E-state index contributed by atoms with van der Waals surface area (Å²) in [6.45, 7) is 6.06. The van der Waals surface area contributed by atoms with Gasteiger partial charge in [-0.25, -0.2) is 0 Å². The van der Waals surface area contributed by atoms with Crippen LogP contribution in [-0.2, 0) is 33.5 Å². The monoisotopic (exact) mass is 362 g/mol. The van der Waals surface area contributed by atoms with Crippen molar-refractivity contribution in [2.45, 2.75) is 66.2 Å². The highest BCUT2D eigenvalue weighted by Gasteiger charge is 2.05. The third-order valence-corrected chi connectivity index (χ3v) is 2.04. The molecule has 0 saturated carbocycles. The van der Waals surface area contributed by atoms with Crippen LogP contribution in [-0.4, -0.2) is 45.7 Å². The van der Waals surface area contributed by atoms with Crippen molar-refractivity contribution in [1.82, 2.24) is 0 Å². The zero-order chi connectivity index (χ0) is 20.4. The van der Waals surface area contributed by atoms with E-state index in [4.69, 9.17) is 10.2 Å². The maximum Gasteiger partial charge on any atom is 0.310 e. The van der Waals surface area contributed by atoms with Gasteiger partial charge < -0.3 is 14.9 Å². The molecule has 0 aromatic carbocycles. The predicted molar refractivity (Wildman–Crippen MR) is 86.8 cm³/mol. The molecule has 0 aliphatic rings. The molecule has 0 fully saturated rings. The van der Waals surface area contributed by atoms with Gasteiger partial charge in [-0.1, -0.05) is 13.8 Å². The average Bonchev–Trinajstić information content (AvgIpc) is 2.36. The van der Waals surface area contributed by atoms with E-state index in [2.05, 4.69) is 4.74 Å². The van der Waals surface area contributed by atoms with Gasteiger partial charge in [0, 0.05) is 26.7 Å². The van der Waals surface area contributed by atoms with Crippen LogP contribution in [0.4, 0.5) is 0 Å². The third-order valence-electron chi connectivity index (χ3n) is 2.04. The summed E-state index contributed by atoms with van der Waals surface area (Å²) >= 11 is 0. The van der Waals surface area contributed by atoms with Gasteiger partial charge >= 0.3 is 23.9 Å². The number of hydrogen-bond acceptors (Lipinski definition) is 7. The molecule has 0 bridgehead atoms. The van der Waals surface area contributed by atoms with Crippen LogP contribution >= 0.6 is 0 Å². The summed E-state index contributed by atoms with van der Waals surface area (Å²) in [6.07, 6.45) is 1.57. The van der Waals surface area contributed by atoms with Gasteiger partial charge in [0.15, 0.2) is 0 Å². The molecule has 9 nitrogen and oxygen atoms in total. The summed E-state index contributed by atoms with van der Waals surface area (Å²) in [4.78, 5) is 60.3. The van der Waals surface area contributed by atoms with E-state index < -0.39 is 23.9 Å². The SMILES string of the molecule is CC(=O)OC(C)=O.CCCC(=O)CC(=O)O.CCCC(=O)CC(=O)O. The fourth-order valence-electron chi connectivity index (χ4n) is 1.27. The van der Waals surface area contributed by atoms with Crippen molar-refractivity contribution in [3.8, 4) is 0 Å². The molecule has 9 heteroatoms. The van der Waals surface area contributed by atoms with Crippen LogP contribution in [0.25, 0.3) is 0 Å². The normalized spacial score (nSPS) is 8.64. The number of carbonyl (C=O) groups excluding carboxylic acids is 4. The Labute approximate surface area is 146 Å². The van der Waals surface area contributed by atoms with E-state index in [1.54, 1.807) is 0 Å². The summed E-state index contributed by atoms with van der Waals surface area (Å²) in [5.74, 6) is -3.57. The number of hydrogen-bond donors (Lipinski definition) is 2. The van der Waals surface area contributed by atoms with Gasteiger partial charge in [0.2, 0.25) is 0 Å². The summed E-state index contributed by atoms with van der Waals surface area (Å²) in [6, 6.07) is 0. The fraction of sp³-hybridized carbons (Fsp3) is 0.625. The number of ether oxygens (including phenoxy) is 1. The Morgan fingerprint density at radius 3 is 1.08 bits per heavy atom. The minimum Gasteiger partial charge on any atom is -0.481 e. The Morgan fingerprint density at radius 1 is 0.680 bits per heavy atom. The summed E-state index contributed by atoms with van der Waals surface area (Å²) in [7, 11) is 0. The fourth-order valence-corrected chi connectivity index (χ4v) is 1.27. The number of Topliss-reactive ketones (excluding diaryl/α,β-unsaturated/α-hetero) is 2. The number of aliphatic carboxylic acids is 2. The number of esters is 2. The second-order valence-corrected chi connectivity index (χ2v) is 4.80. The van der Waals surface area contributed by atoms with E-state index in [0.717, 1.165) is 12.8 Å². The Morgan fingerprint density at radius 2 is 0.960 bits per heavy atom. The molecule has 0 radical (unpaired) electrons. The highest BCUT2D eigenvalue weighted by atomic mass is 16.6. The van der Waals surface area contributed by atoms with Crippen LogP contribution in [0.1, 0.15) is 66.2 Å². The van der Waals surface area contributed by atoms with E-state index in [9.17, 15) is 28.8 Å². The lowest BCUT2D eigenvalue weighted by molar-refractivity contribution is -0.156. The van der Waals surface area contributed by atoms with Gasteiger partial charge in [-0.3, -0.25) is 28.8 Å². The molecule has 0 aromatic rings. The molecule has 25 heavy (non-hydrogen) atoms. The minimum absolute atomic E-state index is 0.190. The molecule has 0 atom stereocenters. The van der Waals surface area contributed by atoms with Crippen molar-refractivity contribution < 1.29 is 43.7 Å². The maximum absolute atomic E-state index is 10.5. The van der Waals surface area contributed by atoms with Gasteiger partial charge in [0.1, 0.15) is 24.4 Å². The van der Waals surface area contributed by atoms with E-state index in [1.165, 1.54) is 13.8 Å². The first kappa shape index (κ1) is 27.3. The molecule has 0 heterocycles. The Balaban J connectivity index is -0.000000293. The molecule has 0 spiro atoms. The number of carboxylic acids is 2. The van der Waals surface area contributed by atoms with Crippen LogP contribution < -0.4 is 0 Å². The van der Waals surface area contributed by atoms with Gasteiger partial charge in [0.05, 0.1) is 0 Å². The van der Waals surface area contributed by atoms with E-state index in [0.29, 0.717) is 12.8 Å². The van der Waals surface area contributed by atoms with E-state index in [-0.39, 0.29) is 24.4 Å². The molecule has 0 aromatic heterocycles. The standard InChI is InChI=1S/2C6H10O3.C4H6O3/c2*1-2-3-5(7)4-6(8)9;1-3(5)7-4(2)6/h2*2-4H2,1H3,(H,8,9);1-2H3. The van der Waals surface area contributed by atoms with Crippen LogP contribution in [0.2, 0.25) is 0 Å². The quantitative estimate of drug-likeness (QED) is 0.485. The molecule has 0 unspecified atom stereocenters. The predicted octanol–water partition coefficient (Wildman–Crippen LogP) is 1.76. The van der Waals surface area contributed by atoms with Crippen LogP contribution in [0.15, 0.2) is 0 Å². The lowest BCUT2D eigenvalue weighted by Crippen LogP contribution is -2.05. The minimum atomic E-state index is -1.03. The third kappa shape index (κ3) is 34.0. The number of carboxylic acid groups (broad SMARTS) is 2. The molecule has 0 amide bonds. The second-order valence-electron chi connectivity index (χ2n) is 4.80. The van der Waals surface area contributed by atoms with Gasteiger partial charge in [0.25, 0.3) is 0 Å². The maximum atomic E-state index is 10.5. The van der Waals surface area contributed by atoms with Gasteiger partial charge in [-0.2, -0.15) is 0 Å². The van der Waals surface area contributed by atoms with Crippen LogP contribution in [0.3, 0.4) is 0 Å². The van der Waals surface area contributed by atoms with Crippen molar-refractivity contribution in [3.05, 3.63) is 0 Å². The Hall–Kier alpha value is -2.58. The highest BCUT2D eigenvalue weighted by Crippen LogP contribution is 1.93. The lowest BCUT2D eigenvalue weighted by atomic mass is 10.2. The molecule has 0 rings (SSSR count). The first-order valence-corrected chi connectivity index (χ1v) is 7.62. The number of rotatable bonds is 8. The first-order chi connectivity index (χ1) is 11.5. The van der Waals surface area contributed by atoms with Crippen molar-refractivity contribution >= 4 is 35.4 Å². The summed E-state index contributed by atoms with van der Waals surface area (Å²) in [5, 5.41) is 16.2. The molecule has 0 saturated heterocycles. The van der Waals surface area contributed by atoms with Crippen molar-refractivity contribution in [2.24, 2.45) is 0 Å². The first-order valence-electron chi connectivity index (χ1n) is 7.62. The molecule has 0 aliphatic heterocycles. The summed E-state index contributed by atoms with van der Waals surface area (Å²) < 4.78 is 3.97. The van der Waals surface area contributed by atoms with Crippen LogP contribution in [0.5, 0.6) is 0 Å². The lowest BCUT2D eigenvalue weighted by Gasteiger charge is -1.90. The topological polar surface area (TPSA) is 152 Å². The molecular weight excluding hydrogens is 336 g/mol. The van der Waals surface area contributed by atoms with Crippen molar-refractivity contribution in [1.29, 1.82) is 0 Å². The summed E-state index contributed by atoms with van der Waals surface area (Å²) in [5.41, 5.74) is 0. The zero-order valence-electron chi connectivity index (χ0n) is 15.0. The van der Waals surface area contributed by atoms with Gasteiger partial charge in [-0.05, 0) is 12.8 Å². The Bertz CT molecular complexity index is 424. The zero-order valence-corrected chi connectivity index (χ0v) is 15.0. The Kier molecular flexibility index (Phi) is 19.4. The van der Waals surface area contributed by atoms with E-state index in [1.807, 2.05) is 13.8 Å². The second kappa shape index (κ2) is 17.8. The molecule has 2 N–H and O–H groups in total. The highest BCUT2D eigenvalue weighted by molar-refractivity contribution is 5.95. The van der Waals surface area contributed by atoms with Gasteiger partial charge in [-0.15, -0.1) is 0 Å². The number of ketones is 2. The molecular formula is C16H26O9.